The van der Waals surface area contributed by atoms with Crippen molar-refractivity contribution in [1.82, 2.24) is 19.7 Å². The Balaban J connectivity index is 1.60. The molecule has 0 saturated carbocycles. The Bertz CT molecular complexity index is 941. The van der Waals surface area contributed by atoms with E-state index in [-0.39, 0.29) is 11.8 Å². The van der Waals surface area contributed by atoms with Crippen molar-refractivity contribution in [2.45, 2.75) is 20.0 Å². The maximum atomic E-state index is 13.0. The van der Waals surface area contributed by atoms with Gasteiger partial charge in [0.25, 0.3) is 0 Å². The van der Waals surface area contributed by atoms with Gasteiger partial charge in [-0.1, -0.05) is 13.0 Å². The lowest BCUT2D eigenvalue weighted by molar-refractivity contribution is -0.136. The lowest BCUT2D eigenvalue weighted by Gasteiger charge is -2.23. The minimum Gasteiger partial charge on any atom is -0.493 e. The van der Waals surface area contributed by atoms with E-state index in [0.29, 0.717) is 32.0 Å². The molecule has 0 unspecified atom stereocenters. The van der Waals surface area contributed by atoms with Crippen LogP contribution in [0.25, 0.3) is 10.4 Å². The first-order valence-electron chi connectivity index (χ1n) is 9.14. The van der Waals surface area contributed by atoms with Gasteiger partial charge in [-0.2, -0.15) is 5.10 Å². The average Bonchev–Trinajstić information content (AvgIpc) is 3.37. The zero-order valence-electron chi connectivity index (χ0n) is 15.9. The smallest absolute Gasteiger partial charge is 0.227 e. The summed E-state index contributed by atoms with van der Waals surface area (Å²) in [5.41, 5.74) is 2.03. The first-order chi connectivity index (χ1) is 13.7. The first-order valence-corrected chi connectivity index (χ1v) is 10.0. The SMILES string of the molecule is COc1cc(-c2cccs2)cc2c1OCCN(C(=O)[C@@H](C)Cn1cncn1)C2. The van der Waals surface area contributed by atoms with Crippen LogP contribution in [-0.4, -0.2) is 45.8 Å². The fourth-order valence-corrected chi connectivity index (χ4v) is 4.12. The molecular weight excluding hydrogens is 376 g/mol. The van der Waals surface area contributed by atoms with E-state index in [1.807, 2.05) is 29.3 Å². The van der Waals surface area contributed by atoms with E-state index >= 15 is 0 Å². The van der Waals surface area contributed by atoms with E-state index in [1.165, 1.54) is 6.33 Å². The summed E-state index contributed by atoms with van der Waals surface area (Å²) in [7, 11) is 1.64. The standard InChI is InChI=1S/C20H22N4O3S/c1-14(10-24-13-21-12-22-24)20(25)23-5-6-27-19-16(11-23)8-15(9-17(19)26-2)18-4-3-7-28-18/h3-4,7-9,12-14H,5-6,10-11H2,1-2H3/t14-/m0/s1. The summed E-state index contributed by atoms with van der Waals surface area (Å²) in [6.45, 7) is 3.88. The first kappa shape index (κ1) is 18.5. The number of aromatic nitrogens is 3. The van der Waals surface area contributed by atoms with Gasteiger partial charge < -0.3 is 14.4 Å². The molecule has 4 rings (SSSR count). The third-order valence-corrected chi connectivity index (χ3v) is 5.71. The lowest BCUT2D eigenvalue weighted by Crippen LogP contribution is -2.37. The normalized spacial score (nSPS) is 14.7. The van der Waals surface area contributed by atoms with Crippen LogP contribution in [0.5, 0.6) is 11.5 Å². The van der Waals surface area contributed by atoms with Crippen molar-refractivity contribution in [2.75, 3.05) is 20.3 Å². The quantitative estimate of drug-likeness (QED) is 0.661. The molecule has 1 aromatic carbocycles. The summed E-state index contributed by atoms with van der Waals surface area (Å²) in [5, 5.41) is 6.14. The third-order valence-electron chi connectivity index (χ3n) is 4.79. The van der Waals surface area contributed by atoms with E-state index in [1.54, 1.807) is 29.5 Å². The number of carbonyl (C=O) groups is 1. The number of fused-ring (bicyclic) bond motifs is 1. The molecule has 0 spiro atoms. The van der Waals surface area contributed by atoms with Gasteiger partial charge in [0.2, 0.25) is 5.91 Å². The van der Waals surface area contributed by atoms with E-state index < -0.39 is 0 Å². The summed E-state index contributed by atoms with van der Waals surface area (Å²) in [6.07, 6.45) is 3.11. The minimum atomic E-state index is -0.203. The molecular formula is C20H22N4O3S. The number of nitrogens with zero attached hydrogens (tertiary/aromatic N) is 4. The van der Waals surface area contributed by atoms with Crippen molar-refractivity contribution in [3.05, 3.63) is 47.9 Å². The van der Waals surface area contributed by atoms with Crippen LogP contribution in [-0.2, 0) is 17.9 Å². The summed E-state index contributed by atoms with van der Waals surface area (Å²) in [5.74, 6) is 1.30. The van der Waals surface area contributed by atoms with Gasteiger partial charge in [-0.05, 0) is 29.1 Å². The molecule has 1 atom stereocenters. The highest BCUT2D eigenvalue weighted by atomic mass is 32.1. The second-order valence-corrected chi connectivity index (χ2v) is 7.72. The Labute approximate surface area is 167 Å². The van der Waals surface area contributed by atoms with Crippen LogP contribution in [0, 0.1) is 5.92 Å². The average molecular weight is 398 g/mol. The topological polar surface area (TPSA) is 69.5 Å². The van der Waals surface area contributed by atoms with E-state index in [2.05, 4.69) is 22.2 Å². The maximum absolute atomic E-state index is 13.0. The lowest BCUT2D eigenvalue weighted by atomic mass is 10.1. The van der Waals surface area contributed by atoms with Crippen molar-refractivity contribution in [1.29, 1.82) is 0 Å². The van der Waals surface area contributed by atoms with Crippen molar-refractivity contribution in [2.24, 2.45) is 5.92 Å². The Kier molecular flexibility index (Phi) is 5.29. The van der Waals surface area contributed by atoms with E-state index in [4.69, 9.17) is 9.47 Å². The van der Waals surface area contributed by atoms with Crippen LogP contribution in [0.1, 0.15) is 12.5 Å². The van der Waals surface area contributed by atoms with Gasteiger partial charge >= 0.3 is 0 Å². The number of hydrogen-bond acceptors (Lipinski definition) is 6. The molecule has 0 radical (unpaired) electrons. The molecule has 0 bridgehead atoms. The van der Waals surface area contributed by atoms with Gasteiger partial charge in [0, 0.05) is 17.0 Å². The van der Waals surface area contributed by atoms with E-state index in [0.717, 1.165) is 21.8 Å². The molecule has 0 aliphatic carbocycles. The van der Waals surface area contributed by atoms with Gasteiger partial charge in [-0.3, -0.25) is 9.48 Å². The molecule has 3 aromatic rings. The highest BCUT2D eigenvalue weighted by Crippen LogP contribution is 2.39. The Hall–Kier alpha value is -2.87. The van der Waals surface area contributed by atoms with Crippen LogP contribution in [0.15, 0.2) is 42.3 Å². The number of hydrogen-bond donors (Lipinski definition) is 0. The van der Waals surface area contributed by atoms with Crippen LogP contribution < -0.4 is 9.47 Å². The maximum Gasteiger partial charge on any atom is 0.227 e. The molecule has 3 heterocycles. The Morgan fingerprint density at radius 3 is 3.04 bits per heavy atom. The summed E-state index contributed by atoms with van der Waals surface area (Å²) in [6, 6.07) is 8.19. The number of methoxy groups -OCH3 is 1. The molecule has 1 aliphatic heterocycles. The van der Waals surface area contributed by atoms with E-state index in [9.17, 15) is 4.79 Å². The highest BCUT2D eigenvalue weighted by molar-refractivity contribution is 7.13. The van der Waals surface area contributed by atoms with Crippen molar-refractivity contribution < 1.29 is 14.3 Å². The molecule has 1 aliphatic rings. The number of carbonyl (C=O) groups excluding carboxylic acids is 1. The Morgan fingerprint density at radius 1 is 1.43 bits per heavy atom. The van der Waals surface area contributed by atoms with Crippen molar-refractivity contribution in [3.63, 3.8) is 0 Å². The summed E-state index contributed by atoms with van der Waals surface area (Å²) in [4.78, 5) is 20.0. The summed E-state index contributed by atoms with van der Waals surface area (Å²) < 4.78 is 13.2. The Morgan fingerprint density at radius 2 is 2.32 bits per heavy atom. The van der Waals surface area contributed by atoms with Gasteiger partial charge in [-0.15, -0.1) is 11.3 Å². The fourth-order valence-electron chi connectivity index (χ4n) is 3.41. The molecule has 1 amide bonds. The molecule has 146 valence electrons. The van der Waals surface area contributed by atoms with Crippen molar-refractivity contribution >= 4 is 17.2 Å². The fraction of sp³-hybridized carbons (Fsp3) is 0.350. The molecule has 2 aromatic heterocycles. The van der Waals surface area contributed by atoms with Gasteiger partial charge in [0.05, 0.1) is 26.1 Å². The second-order valence-electron chi connectivity index (χ2n) is 6.77. The molecule has 28 heavy (non-hydrogen) atoms. The predicted molar refractivity (Wildman–Crippen MR) is 106 cm³/mol. The molecule has 0 fully saturated rings. The van der Waals surface area contributed by atoms with Crippen LogP contribution >= 0.6 is 11.3 Å². The highest BCUT2D eigenvalue weighted by Gasteiger charge is 2.26. The van der Waals surface area contributed by atoms with Crippen LogP contribution in [0.4, 0.5) is 0 Å². The largest absolute Gasteiger partial charge is 0.493 e. The monoisotopic (exact) mass is 398 g/mol. The van der Waals surface area contributed by atoms with Crippen LogP contribution in [0.3, 0.4) is 0 Å². The number of amides is 1. The third kappa shape index (κ3) is 3.73. The predicted octanol–water partition coefficient (Wildman–Crippen LogP) is 3.07. The number of thiophene rings is 1. The van der Waals surface area contributed by atoms with Gasteiger partial charge in [-0.25, -0.2) is 4.98 Å². The van der Waals surface area contributed by atoms with Gasteiger partial charge in [0.1, 0.15) is 19.3 Å². The number of ether oxygens (including phenoxy) is 2. The zero-order valence-corrected chi connectivity index (χ0v) is 16.7. The molecule has 0 N–H and O–H groups in total. The number of rotatable bonds is 5. The molecule has 7 nitrogen and oxygen atoms in total. The minimum absolute atomic E-state index is 0.0763. The summed E-state index contributed by atoms with van der Waals surface area (Å²) >= 11 is 1.67. The molecule has 8 heteroatoms. The molecule has 0 saturated heterocycles. The second kappa shape index (κ2) is 8.02. The van der Waals surface area contributed by atoms with Crippen molar-refractivity contribution in [3.8, 4) is 21.9 Å². The number of benzene rings is 1. The van der Waals surface area contributed by atoms with Crippen LogP contribution in [0.2, 0.25) is 0 Å². The zero-order chi connectivity index (χ0) is 19.5. The van der Waals surface area contributed by atoms with Gasteiger partial charge in [0.15, 0.2) is 11.5 Å².